The molecule has 0 aliphatic heterocycles. The highest BCUT2D eigenvalue weighted by molar-refractivity contribution is 6.30. The second kappa shape index (κ2) is 4.45. The van der Waals surface area contributed by atoms with Gasteiger partial charge in [-0.05, 0) is 17.7 Å². The van der Waals surface area contributed by atoms with Gasteiger partial charge in [-0.1, -0.05) is 23.8 Å². The molecule has 1 aliphatic rings. The average molecular weight is 241 g/mol. The van der Waals surface area contributed by atoms with Crippen LogP contribution in [0.25, 0.3) is 6.08 Å². The smallest absolute Gasteiger partial charge is 0.126 e. The molecule has 0 saturated heterocycles. The van der Waals surface area contributed by atoms with Crippen molar-refractivity contribution in [3.05, 3.63) is 34.4 Å². The van der Waals surface area contributed by atoms with Crippen LogP contribution in [0.15, 0.2) is 18.2 Å². The largest absolute Gasteiger partial charge is 0.496 e. The SMILES string of the molecule is COc1cc(Cl)cc2c1[C@H](O)[C@@H](OC)C=C2. The van der Waals surface area contributed by atoms with Gasteiger partial charge in [-0.15, -0.1) is 0 Å². The first kappa shape index (κ1) is 11.5. The molecule has 0 heterocycles. The van der Waals surface area contributed by atoms with E-state index in [-0.39, 0.29) is 6.10 Å². The molecule has 16 heavy (non-hydrogen) atoms. The van der Waals surface area contributed by atoms with Gasteiger partial charge >= 0.3 is 0 Å². The maximum atomic E-state index is 10.1. The topological polar surface area (TPSA) is 38.7 Å². The van der Waals surface area contributed by atoms with Crippen molar-refractivity contribution in [3.8, 4) is 5.75 Å². The summed E-state index contributed by atoms with van der Waals surface area (Å²) in [4.78, 5) is 0. The molecule has 0 fully saturated rings. The third-order valence-electron chi connectivity index (χ3n) is 2.70. The summed E-state index contributed by atoms with van der Waals surface area (Å²) < 4.78 is 10.4. The molecule has 1 aromatic rings. The van der Waals surface area contributed by atoms with Crippen molar-refractivity contribution in [1.29, 1.82) is 0 Å². The van der Waals surface area contributed by atoms with Crippen molar-refractivity contribution in [2.24, 2.45) is 0 Å². The molecule has 1 N–H and O–H groups in total. The first-order chi connectivity index (χ1) is 7.67. The summed E-state index contributed by atoms with van der Waals surface area (Å²) in [6.45, 7) is 0. The average Bonchev–Trinajstić information content (AvgIpc) is 2.28. The van der Waals surface area contributed by atoms with Crippen molar-refractivity contribution < 1.29 is 14.6 Å². The summed E-state index contributed by atoms with van der Waals surface area (Å²) >= 11 is 5.95. The Morgan fingerprint density at radius 2 is 2.06 bits per heavy atom. The van der Waals surface area contributed by atoms with Crippen LogP contribution >= 0.6 is 11.6 Å². The zero-order chi connectivity index (χ0) is 11.7. The fourth-order valence-electron chi connectivity index (χ4n) is 1.91. The van der Waals surface area contributed by atoms with Gasteiger partial charge in [0.25, 0.3) is 0 Å². The molecule has 0 amide bonds. The zero-order valence-electron chi connectivity index (χ0n) is 9.11. The van der Waals surface area contributed by atoms with E-state index in [4.69, 9.17) is 21.1 Å². The van der Waals surface area contributed by atoms with E-state index in [0.717, 1.165) is 11.1 Å². The van der Waals surface area contributed by atoms with Crippen molar-refractivity contribution in [3.63, 3.8) is 0 Å². The van der Waals surface area contributed by atoms with Crippen LogP contribution in [0.1, 0.15) is 17.2 Å². The van der Waals surface area contributed by atoms with Crippen LogP contribution in [0.2, 0.25) is 5.02 Å². The number of hydrogen-bond acceptors (Lipinski definition) is 3. The highest BCUT2D eigenvalue weighted by Gasteiger charge is 2.27. The molecule has 1 aromatic carbocycles. The van der Waals surface area contributed by atoms with Gasteiger partial charge < -0.3 is 14.6 Å². The summed E-state index contributed by atoms with van der Waals surface area (Å²) in [6, 6.07) is 3.49. The molecule has 2 rings (SSSR count). The number of benzene rings is 1. The number of halogens is 1. The highest BCUT2D eigenvalue weighted by atomic mass is 35.5. The van der Waals surface area contributed by atoms with Crippen molar-refractivity contribution >= 4 is 17.7 Å². The van der Waals surface area contributed by atoms with E-state index >= 15 is 0 Å². The van der Waals surface area contributed by atoms with E-state index in [2.05, 4.69) is 0 Å². The number of fused-ring (bicyclic) bond motifs is 1. The number of ether oxygens (including phenoxy) is 2. The summed E-state index contributed by atoms with van der Waals surface area (Å²) in [6.07, 6.45) is 2.62. The van der Waals surface area contributed by atoms with Crippen LogP contribution in [0, 0.1) is 0 Å². The molecule has 0 unspecified atom stereocenters. The van der Waals surface area contributed by atoms with Gasteiger partial charge in [0.2, 0.25) is 0 Å². The molecular formula is C12H13ClO3. The second-order valence-electron chi connectivity index (χ2n) is 3.62. The number of rotatable bonds is 2. The third-order valence-corrected chi connectivity index (χ3v) is 2.92. The van der Waals surface area contributed by atoms with Crippen molar-refractivity contribution in [1.82, 2.24) is 0 Å². The minimum atomic E-state index is -0.725. The Labute approximate surface area is 99.3 Å². The quantitative estimate of drug-likeness (QED) is 0.863. The van der Waals surface area contributed by atoms with Crippen LogP contribution < -0.4 is 4.74 Å². The lowest BCUT2D eigenvalue weighted by atomic mass is 9.92. The summed E-state index contributed by atoms with van der Waals surface area (Å²) in [5.41, 5.74) is 1.59. The zero-order valence-corrected chi connectivity index (χ0v) is 9.86. The van der Waals surface area contributed by atoms with Gasteiger partial charge in [-0.25, -0.2) is 0 Å². The maximum absolute atomic E-state index is 10.1. The van der Waals surface area contributed by atoms with E-state index in [9.17, 15) is 5.11 Å². The second-order valence-corrected chi connectivity index (χ2v) is 4.05. The Hall–Kier alpha value is -1.03. The fourth-order valence-corrected chi connectivity index (χ4v) is 2.13. The molecule has 0 spiro atoms. The van der Waals surface area contributed by atoms with E-state index in [1.165, 1.54) is 0 Å². The van der Waals surface area contributed by atoms with Crippen LogP contribution in [0.3, 0.4) is 0 Å². The molecule has 86 valence electrons. The number of aliphatic hydroxyl groups is 1. The Balaban J connectivity index is 2.55. The van der Waals surface area contributed by atoms with E-state index in [1.807, 2.05) is 12.2 Å². The lowest BCUT2D eigenvalue weighted by molar-refractivity contribution is 0.0138. The number of methoxy groups -OCH3 is 2. The van der Waals surface area contributed by atoms with Gasteiger partial charge in [-0.3, -0.25) is 0 Å². The molecule has 0 radical (unpaired) electrons. The minimum absolute atomic E-state index is 0.345. The summed E-state index contributed by atoms with van der Waals surface area (Å²) in [5, 5.41) is 10.7. The normalized spacial score (nSPS) is 23.0. The predicted molar refractivity (Wildman–Crippen MR) is 62.8 cm³/mol. The first-order valence-electron chi connectivity index (χ1n) is 4.94. The summed E-state index contributed by atoms with van der Waals surface area (Å²) in [5.74, 6) is 0.585. The van der Waals surface area contributed by atoms with Crippen LogP contribution in [-0.4, -0.2) is 25.4 Å². The Morgan fingerprint density at radius 3 is 2.69 bits per heavy atom. The molecule has 0 bridgehead atoms. The third kappa shape index (κ3) is 1.82. The standard InChI is InChI=1S/C12H13ClO3/c1-15-9-4-3-7-5-8(13)6-10(16-2)11(7)12(9)14/h3-6,9,12,14H,1-2H3/t9-,12+/m0/s1. The predicted octanol–water partition coefficient (Wildman–Crippen LogP) is 2.42. The molecule has 1 aliphatic carbocycles. The van der Waals surface area contributed by atoms with E-state index in [1.54, 1.807) is 26.4 Å². The van der Waals surface area contributed by atoms with E-state index in [0.29, 0.717) is 10.8 Å². The lowest BCUT2D eigenvalue weighted by Crippen LogP contribution is -2.22. The molecule has 0 aromatic heterocycles. The van der Waals surface area contributed by atoms with Crippen LogP contribution in [0.4, 0.5) is 0 Å². The Morgan fingerprint density at radius 1 is 1.31 bits per heavy atom. The monoisotopic (exact) mass is 240 g/mol. The first-order valence-corrected chi connectivity index (χ1v) is 5.31. The number of hydrogen-bond donors (Lipinski definition) is 1. The van der Waals surface area contributed by atoms with Gasteiger partial charge in [0, 0.05) is 17.7 Å². The molecule has 4 heteroatoms. The van der Waals surface area contributed by atoms with Gasteiger partial charge in [-0.2, -0.15) is 0 Å². The lowest BCUT2D eigenvalue weighted by Gasteiger charge is -2.26. The van der Waals surface area contributed by atoms with Gasteiger partial charge in [0.1, 0.15) is 18.0 Å². The minimum Gasteiger partial charge on any atom is -0.496 e. The highest BCUT2D eigenvalue weighted by Crippen LogP contribution is 2.38. The Bertz CT molecular complexity index is 429. The molecule has 0 saturated carbocycles. The van der Waals surface area contributed by atoms with E-state index < -0.39 is 6.10 Å². The number of aliphatic hydroxyl groups excluding tert-OH is 1. The van der Waals surface area contributed by atoms with Crippen molar-refractivity contribution in [2.45, 2.75) is 12.2 Å². The molecule has 2 atom stereocenters. The fraction of sp³-hybridized carbons (Fsp3) is 0.333. The van der Waals surface area contributed by atoms with Crippen LogP contribution in [0.5, 0.6) is 5.75 Å². The maximum Gasteiger partial charge on any atom is 0.126 e. The Kier molecular flexibility index (Phi) is 3.19. The summed E-state index contributed by atoms with van der Waals surface area (Å²) in [7, 11) is 3.12. The molecule has 3 nitrogen and oxygen atoms in total. The van der Waals surface area contributed by atoms with Crippen LogP contribution in [-0.2, 0) is 4.74 Å². The molecular weight excluding hydrogens is 228 g/mol. The van der Waals surface area contributed by atoms with Gasteiger partial charge in [0.15, 0.2) is 0 Å². The van der Waals surface area contributed by atoms with Gasteiger partial charge in [0.05, 0.1) is 7.11 Å². The van der Waals surface area contributed by atoms with Crippen molar-refractivity contribution in [2.75, 3.05) is 14.2 Å².